The Morgan fingerprint density at radius 3 is 1.90 bits per heavy atom. The first-order chi connectivity index (χ1) is 19.2. The van der Waals surface area contributed by atoms with E-state index in [1.165, 1.54) is 10.1 Å². The minimum Gasteiger partial charge on any atom is -0.497 e. The number of hydrogen-bond acceptors (Lipinski definition) is 6. The highest BCUT2D eigenvalue weighted by atomic mass is 16.5. The molecule has 0 unspecified atom stereocenters. The summed E-state index contributed by atoms with van der Waals surface area (Å²) in [7, 11) is 1.59. The smallest absolute Gasteiger partial charge is 0.281 e. The summed E-state index contributed by atoms with van der Waals surface area (Å²) in [4.78, 5) is 18.2. The molecule has 5 aromatic carbocycles. The third-order valence-electron chi connectivity index (χ3n) is 6.77. The number of methoxy groups -OCH3 is 1. The molecule has 0 fully saturated rings. The van der Waals surface area contributed by atoms with Crippen molar-refractivity contribution in [3.8, 4) is 5.75 Å². The van der Waals surface area contributed by atoms with E-state index in [1.54, 1.807) is 31.4 Å². The summed E-state index contributed by atoms with van der Waals surface area (Å²) >= 11 is 0. The molecule has 0 bridgehead atoms. The minimum absolute atomic E-state index is 0.288. The van der Waals surface area contributed by atoms with Gasteiger partial charge in [0.1, 0.15) is 5.75 Å². The standard InChI is InChI=1S/C32H27N5O2/c1-39-27-18-16-24(17-19-27)30(38)37-32(34-21-26-13-7-11-23-9-3-5-15-29(23)26)35-31(36-37)33-20-25-12-6-10-22-8-2-4-14-28(22)25/h2-19H,20-21H2,1H3,(H2,33,34,35,36). The van der Waals surface area contributed by atoms with Crippen LogP contribution in [0.25, 0.3) is 21.5 Å². The molecule has 6 rings (SSSR count). The van der Waals surface area contributed by atoms with Crippen LogP contribution in [0.4, 0.5) is 11.9 Å². The fraction of sp³-hybridized carbons (Fsp3) is 0.0938. The van der Waals surface area contributed by atoms with Crippen molar-refractivity contribution >= 4 is 39.3 Å². The van der Waals surface area contributed by atoms with Gasteiger partial charge in [-0.05, 0) is 56.9 Å². The summed E-state index contributed by atoms with van der Waals surface area (Å²) in [5.74, 6) is 1.12. The molecule has 0 aliphatic heterocycles. The SMILES string of the molecule is COc1ccc(C(=O)n2nc(NCc3cccc4ccccc34)nc2NCc2cccc3ccccc23)cc1. The second kappa shape index (κ2) is 10.7. The summed E-state index contributed by atoms with van der Waals surface area (Å²) in [5, 5.41) is 15.8. The largest absolute Gasteiger partial charge is 0.497 e. The van der Waals surface area contributed by atoms with Gasteiger partial charge < -0.3 is 15.4 Å². The quantitative estimate of drug-likeness (QED) is 0.242. The maximum absolute atomic E-state index is 13.5. The molecule has 2 N–H and O–H groups in total. The molecule has 0 saturated carbocycles. The lowest BCUT2D eigenvalue weighted by Gasteiger charge is -2.10. The van der Waals surface area contributed by atoms with Crippen LogP contribution in [0.1, 0.15) is 21.5 Å². The van der Waals surface area contributed by atoms with Gasteiger partial charge in [-0.1, -0.05) is 84.9 Å². The summed E-state index contributed by atoms with van der Waals surface area (Å²) in [6.45, 7) is 1.00. The van der Waals surface area contributed by atoms with Gasteiger partial charge in [0.2, 0.25) is 11.9 Å². The van der Waals surface area contributed by atoms with Crippen LogP contribution in [0.3, 0.4) is 0 Å². The van der Waals surface area contributed by atoms with Crippen LogP contribution < -0.4 is 15.4 Å². The number of carbonyl (C=O) groups excluding carboxylic acids is 1. The van der Waals surface area contributed by atoms with Crippen molar-refractivity contribution in [2.45, 2.75) is 13.1 Å². The molecule has 0 atom stereocenters. The molecule has 0 amide bonds. The molecule has 0 aliphatic rings. The van der Waals surface area contributed by atoms with Gasteiger partial charge in [0.15, 0.2) is 0 Å². The first-order valence-electron chi connectivity index (χ1n) is 12.8. The number of aromatic nitrogens is 3. The van der Waals surface area contributed by atoms with E-state index in [2.05, 4.69) is 69.2 Å². The van der Waals surface area contributed by atoms with Gasteiger partial charge in [-0.15, -0.1) is 5.10 Å². The van der Waals surface area contributed by atoms with Gasteiger partial charge >= 0.3 is 0 Å². The van der Waals surface area contributed by atoms with Crippen LogP contribution in [-0.4, -0.2) is 27.8 Å². The van der Waals surface area contributed by atoms with Crippen molar-refractivity contribution in [3.05, 3.63) is 126 Å². The molecule has 0 spiro atoms. The van der Waals surface area contributed by atoms with E-state index in [-0.39, 0.29) is 5.91 Å². The Bertz CT molecular complexity index is 1770. The lowest BCUT2D eigenvalue weighted by molar-refractivity contribution is 0.0947. The number of rotatable bonds is 8. The van der Waals surface area contributed by atoms with Crippen molar-refractivity contribution < 1.29 is 9.53 Å². The zero-order chi connectivity index (χ0) is 26.6. The predicted molar refractivity (Wildman–Crippen MR) is 155 cm³/mol. The van der Waals surface area contributed by atoms with Crippen molar-refractivity contribution in [1.29, 1.82) is 0 Å². The van der Waals surface area contributed by atoms with Crippen LogP contribution in [0.2, 0.25) is 0 Å². The average Bonchev–Trinajstić information content (AvgIpc) is 3.41. The third kappa shape index (κ3) is 5.02. The van der Waals surface area contributed by atoms with E-state index in [9.17, 15) is 4.79 Å². The molecule has 0 radical (unpaired) electrons. The van der Waals surface area contributed by atoms with Gasteiger partial charge in [-0.25, -0.2) is 0 Å². The zero-order valence-corrected chi connectivity index (χ0v) is 21.5. The number of anilines is 2. The van der Waals surface area contributed by atoms with E-state index in [4.69, 9.17) is 4.74 Å². The van der Waals surface area contributed by atoms with E-state index in [0.717, 1.165) is 27.3 Å². The van der Waals surface area contributed by atoms with Gasteiger partial charge in [0.05, 0.1) is 7.11 Å². The Balaban J connectivity index is 1.30. The maximum atomic E-state index is 13.5. The number of fused-ring (bicyclic) bond motifs is 2. The number of hydrogen-bond donors (Lipinski definition) is 2. The maximum Gasteiger partial charge on any atom is 0.281 e. The average molecular weight is 514 g/mol. The third-order valence-corrected chi connectivity index (χ3v) is 6.77. The monoisotopic (exact) mass is 513 g/mol. The van der Waals surface area contributed by atoms with Crippen molar-refractivity contribution in [2.75, 3.05) is 17.7 Å². The van der Waals surface area contributed by atoms with Gasteiger partial charge in [0.25, 0.3) is 5.91 Å². The lowest BCUT2D eigenvalue weighted by Crippen LogP contribution is -2.17. The molecule has 0 aliphatic carbocycles. The first-order valence-corrected chi connectivity index (χ1v) is 12.8. The fourth-order valence-corrected chi connectivity index (χ4v) is 4.74. The molecule has 7 heteroatoms. The Hall–Kier alpha value is -5.17. The molecule has 7 nitrogen and oxygen atoms in total. The van der Waals surface area contributed by atoms with Crippen LogP contribution in [0, 0.1) is 0 Å². The number of carbonyl (C=O) groups is 1. The first kappa shape index (κ1) is 24.2. The van der Waals surface area contributed by atoms with E-state index in [0.29, 0.717) is 36.3 Å². The van der Waals surface area contributed by atoms with E-state index >= 15 is 0 Å². The number of nitrogens with one attached hydrogen (secondary N) is 2. The highest BCUT2D eigenvalue weighted by Gasteiger charge is 2.18. The Morgan fingerprint density at radius 1 is 0.718 bits per heavy atom. The molecule has 192 valence electrons. The van der Waals surface area contributed by atoms with E-state index < -0.39 is 0 Å². The Kier molecular flexibility index (Phi) is 6.62. The molecule has 0 saturated heterocycles. The topological polar surface area (TPSA) is 81.1 Å². The number of ether oxygens (including phenoxy) is 1. The van der Waals surface area contributed by atoms with Crippen LogP contribution >= 0.6 is 0 Å². The number of nitrogens with zero attached hydrogens (tertiary/aromatic N) is 3. The molecule has 1 aromatic heterocycles. The summed E-state index contributed by atoms with van der Waals surface area (Å²) in [6.07, 6.45) is 0. The summed E-state index contributed by atoms with van der Waals surface area (Å²) < 4.78 is 6.56. The predicted octanol–water partition coefficient (Wildman–Crippen LogP) is 6.51. The Morgan fingerprint density at radius 2 is 1.28 bits per heavy atom. The van der Waals surface area contributed by atoms with Crippen LogP contribution in [0.15, 0.2) is 109 Å². The van der Waals surface area contributed by atoms with Gasteiger partial charge in [-0.2, -0.15) is 9.67 Å². The highest BCUT2D eigenvalue weighted by molar-refractivity contribution is 5.97. The molecular formula is C32H27N5O2. The second-order valence-corrected chi connectivity index (χ2v) is 9.19. The van der Waals surface area contributed by atoms with Crippen LogP contribution in [0.5, 0.6) is 5.75 Å². The number of benzene rings is 5. The Labute approximate surface area is 226 Å². The van der Waals surface area contributed by atoms with Gasteiger partial charge in [-0.3, -0.25) is 4.79 Å². The highest BCUT2D eigenvalue weighted by Crippen LogP contribution is 2.22. The van der Waals surface area contributed by atoms with Crippen molar-refractivity contribution in [3.63, 3.8) is 0 Å². The fourth-order valence-electron chi connectivity index (χ4n) is 4.74. The molecule has 39 heavy (non-hydrogen) atoms. The molecule has 6 aromatic rings. The summed E-state index contributed by atoms with van der Waals surface area (Å²) in [5.41, 5.74) is 2.70. The minimum atomic E-state index is -0.288. The summed E-state index contributed by atoms with van der Waals surface area (Å²) in [6, 6.07) is 35.8. The molecular weight excluding hydrogens is 486 g/mol. The van der Waals surface area contributed by atoms with Gasteiger partial charge in [0, 0.05) is 18.7 Å². The molecule has 1 heterocycles. The lowest BCUT2D eigenvalue weighted by atomic mass is 10.0. The second-order valence-electron chi connectivity index (χ2n) is 9.19. The zero-order valence-electron chi connectivity index (χ0n) is 21.5. The van der Waals surface area contributed by atoms with Crippen molar-refractivity contribution in [1.82, 2.24) is 14.8 Å². The van der Waals surface area contributed by atoms with Crippen molar-refractivity contribution in [2.24, 2.45) is 0 Å². The van der Waals surface area contributed by atoms with E-state index in [1.807, 2.05) is 36.4 Å². The van der Waals surface area contributed by atoms with Crippen LogP contribution in [-0.2, 0) is 13.1 Å². The normalized spacial score (nSPS) is 11.0.